The molecule has 1 heterocycles. The molecule has 0 unspecified atom stereocenters. The van der Waals surface area contributed by atoms with Crippen LogP contribution in [0.5, 0.6) is 0 Å². The first kappa shape index (κ1) is 18.7. The van der Waals surface area contributed by atoms with Gasteiger partial charge in [-0.05, 0) is 24.1 Å². The zero-order valence-electron chi connectivity index (χ0n) is 11.6. The summed E-state index contributed by atoms with van der Waals surface area (Å²) in [6, 6.07) is 7.92. The third kappa shape index (κ3) is 6.95. The molecule has 0 amide bonds. The van der Waals surface area contributed by atoms with Crippen molar-refractivity contribution < 1.29 is 17.3 Å². The van der Waals surface area contributed by atoms with E-state index in [1.165, 1.54) is 5.56 Å². The third-order valence-electron chi connectivity index (χ3n) is 3.03. The van der Waals surface area contributed by atoms with Crippen molar-refractivity contribution in [1.82, 2.24) is 5.32 Å². The smallest absolute Gasteiger partial charge is 0.264 e. The number of benzene rings is 1. The molecule has 0 aliphatic carbocycles. The Hall–Kier alpha value is -0.370. The van der Waals surface area contributed by atoms with E-state index in [-0.39, 0.29) is 31.2 Å². The molecule has 1 aliphatic rings. The van der Waals surface area contributed by atoms with E-state index < -0.39 is 10.1 Å². The number of ether oxygens (including phenoxy) is 1. The number of morpholine rings is 1. The summed E-state index contributed by atoms with van der Waals surface area (Å²) < 4.78 is 32.1. The van der Waals surface area contributed by atoms with Gasteiger partial charge in [-0.2, -0.15) is 8.42 Å². The zero-order chi connectivity index (χ0) is 14.6. The molecular weight excluding hydrogens is 337 g/mol. The zero-order valence-corrected chi connectivity index (χ0v) is 14.0. The highest BCUT2D eigenvalue weighted by Gasteiger charge is 2.22. The molecule has 8 heteroatoms. The first-order chi connectivity index (χ1) is 9.42. The van der Waals surface area contributed by atoms with Crippen molar-refractivity contribution in [3.8, 4) is 0 Å². The highest BCUT2D eigenvalue weighted by molar-refractivity contribution is 7.85. The van der Waals surface area contributed by atoms with Gasteiger partial charge in [-0.25, -0.2) is 0 Å². The average molecular weight is 356 g/mol. The Morgan fingerprint density at radius 3 is 2.57 bits per heavy atom. The summed E-state index contributed by atoms with van der Waals surface area (Å²) in [7, 11) is -3.41. The van der Waals surface area contributed by atoms with Crippen molar-refractivity contribution in [2.75, 3.05) is 26.0 Å². The second-order valence-electron chi connectivity index (χ2n) is 4.88. The summed E-state index contributed by atoms with van der Waals surface area (Å²) in [4.78, 5) is 0. The van der Waals surface area contributed by atoms with E-state index in [2.05, 4.69) is 5.32 Å². The van der Waals surface area contributed by atoms with Crippen LogP contribution in [0.25, 0.3) is 0 Å². The molecular formula is C13H19Cl2NO4S. The van der Waals surface area contributed by atoms with E-state index in [1.807, 2.05) is 24.3 Å². The first-order valence-corrected chi connectivity index (χ1v) is 8.55. The van der Waals surface area contributed by atoms with Crippen LogP contribution in [-0.4, -0.2) is 46.6 Å². The van der Waals surface area contributed by atoms with Crippen LogP contribution in [0.2, 0.25) is 5.02 Å². The van der Waals surface area contributed by atoms with Crippen LogP contribution in [0.4, 0.5) is 0 Å². The Morgan fingerprint density at radius 1 is 1.38 bits per heavy atom. The summed E-state index contributed by atoms with van der Waals surface area (Å²) in [5.41, 5.74) is 1.18. The van der Waals surface area contributed by atoms with Gasteiger partial charge in [0.1, 0.15) is 0 Å². The van der Waals surface area contributed by atoms with Gasteiger partial charge in [0.25, 0.3) is 10.1 Å². The number of halogens is 2. The maximum absolute atomic E-state index is 10.9. The van der Waals surface area contributed by atoms with E-state index in [0.717, 1.165) is 17.7 Å². The van der Waals surface area contributed by atoms with Crippen LogP contribution in [0.15, 0.2) is 24.3 Å². The molecule has 2 atom stereocenters. The van der Waals surface area contributed by atoms with Crippen LogP contribution >= 0.6 is 24.0 Å². The fourth-order valence-electron chi connectivity index (χ4n) is 2.01. The summed E-state index contributed by atoms with van der Waals surface area (Å²) in [6.07, 6.45) is 1.65. The topological polar surface area (TPSA) is 64.6 Å². The molecule has 0 radical (unpaired) electrons. The third-order valence-corrected chi connectivity index (χ3v) is 3.85. The van der Waals surface area contributed by atoms with Crippen molar-refractivity contribution in [2.24, 2.45) is 0 Å². The van der Waals surface area contributed by atoms with Crippen molar-refractivity contribution in [1.29, 1.82) is 0 Å². The Morgan fingerprint density at radius 2 is 2.05 bits per heavy atom. The second-order valence-corrected chi connectivity index (χ2v) is 6.96. The van der Waals surface area contributed by atoms with Crippen LogP contribution in [0, 0.1) is 0 Å². The maximum Gasteiger partial charge on any atom is 0.264 e. The Balaban J connectivity index is 0.00000220. The quantitative estimate of drug-likeness (QED) is 0.813. The molecule has 1 aliphatic heterocycles. The van der Waals surface area contributed by atoms with E-state index in [4.69, 9.17) is 20.5 Å². The monoisotopic (exact) mass is 355 g/mol. The molecule has 1 aromatic carbocycles. The summed E-state index contributed by atoms with van der Waals surface area (Å²) >= 11 is 5.84. The number of hydrogen-bond donors (Lipinski definition) is 1. The molecule has 0 bridgehead atoms. The lowest BCUT2D eigenvalue weighted by Crippen LogP contribution is -2.49. The van der Waals surface area contributed by atoms with Gasteiger partial charge in [0.05, 0.1) is 25.6 Å². The normalized spacial score (nSPS) is 22.6. The van der Waals surface area contributed by atoms with Gasteiger partial charge in [0.15, 0.2) is 0 Å². The highest BCUT2D eigenvalue weighted by Crippen LogP contribution is 2.13. The van der Waals surface area contributed by atoms with Gasteiger partial charge >= 0.3 is 0 Å². The second kappa shape index (κ2) is 8.31. The molecule has 0 aromatic heterocycles. The van der Waals surface area contributed by atoms with Crippen LogP contribution < -0.4 is 5.32 Å². The average Bonchev–Trinajstić information content (AvgIpc) is 2.40. The molecule has 1 aromatic rings. The molecule has 0 spiro atoms. The van der Waals surface area contributed by atoms with Crippen LogP contribution in [-0.2, 0) is 25.5 Å². The minimum atomic E-state index is -3.41. The molecule has 1 N–H and O–H groups in total. The molecule has 120 valence electrons. The van der Waals surface area contributed by atoms with Gasteiger partial charge in [-0.15, -0.1) is 12.4 Å². The van der Waals surface area contributed by atoms with Crippen LogP contribution in [0.3, 0.4) is 0 Å². The van der Waals surface area contributed by atoms with E-state index in [1.54, 1.807) is 0 Å². The predicted octanol–water partition coefficient (Wildman–Crippen LogP) is 1.64. The predicted molar refractivity (Wildman–Crippen MR) is 84.7 cm³/mol. The van der Waals surface area contributed by atoms with Crippen molar-refractivity contribution >= 4 is 34.1 Å². The maximum atomic E-state index is 10.9. The van der Waals surface area contributed by atoms with E-state index in [0.29, 0.717) is 13.2 Å². The fourth-order valence-corrected chi connectivity index (χ4v) is 2.54. The van der Waals surface area contributed by atoms with Crippen molar-refractivity contribution in [3.63, 3.8) is 0 Å². The van der Waals surface area contributed by atoms with E-state index in [9.17, 15) is 8.42 Å². The van der Waals surface area contributed by atoms with Gasteiger partial charge in [-0.1, -0.05) is 23.7 Å². The molecule has 5 nitrogen and oxygen atoms in total. The standard InChI is InChI=1S/C13H18ClNO4S.ClH/c1-20(16,17)19-9-13-7-15-12(8-18-13)6-10-2-4-11(14)5-3-10;/h2-5,12-13,15H,6-9H2,1H3;1H/t12-,13+;/m0./s1. The number of hydrogen-bond acceptors (Lipinski definition) is 5. The largest absolute Gasteiger partial charge is 0.373 e. The first-order valence-electron chi connectivity index (χ1n) is 6.36. The van der Waals surface area contributed by atoms with Gasteiger partial charge < -0.3 is 10.1 Å². The summed E-state index contributed by atoms with van der Waals surface area (Å²) in [5.74, 6) is 0. The van der Waals surface area contributed by atoms with Crippen molar-refractivity contribution in [2.45, 2.75) is 18.6 Å². The van der Waals surface area contributed by atoms with E-state index >= 15 is 0 Å². The van der Waals surface area contributed by atoms with Crippen molar-refractivity contribution in [3.05, 3.63) is 34.9 Å². The fraction of sp³-hybridized carbons (Fsp3) is 0.538. The van der Waals surface area contributed by atoms with Gasteiger partial charge in [0.2, 0.25) is 0 Å². The Kier molecular flexibility index (Phi) is 7.39. The highest BCUT2D eigenvalue weighted by atomic mass is 35.5. The minimum Gasteiger partial charge on any atom is -0.373 e. The Bertz CT molecular complexity index is 528. The molecule has 0 saturated carbocycles. The lowest BCUT2D eigenvalue weighted by Gasteiger charge is -2.30. The van der Waals surface area contributed by atoms with Gasteiger partial charge in [-0.3, -0.25) is 4.18 Å². The SMILES string of the molecule is CS(=O)(=O)OC[C@H]1CN[C@@H](Cc2ccc(Cl)cc2)CO1.Cl. The molecule has 2 rings (SSSR count). The lowest BCUT2D eigenvalue weighted by molar-refractivity contribution is -0.0183. The van der Waals surface area contributed by atoms with Crippen LogP contribution in [0.1, 0.15) is 5.56 Å². The Labute approximate surface area is 136 Å². The lowest BCUT2D eigenvalue weighted by atomic mass is 10.1. The summed E-state index contributed by atoms with van der Waals surface area (Å²) in [6.45, 7) is 1.16. The summed E-state index contributed by atoms with van der Waals surface area (Å²) in [5, 5.41) is 4.06. The molecule has 1 saturated heterocycles. The molecule has 21 heavy (non-hydrogen) atoms. The number of nitrogens with one attached hydrogen (secondary N) is 1. The minimum absolute atomic E-state index is 0. The molecule has 1 fully saturated rings. The number of rotatable bonds is 5. The van der Waals surface area contributed by atoms with Gasteiger partial charge in [0, 0.05) is 17.6 Å².